The fourth-order valence-corrected chi connectivity index (χ4v) is 1.03. The summed E-state index contributed by atoms with van der Waals surface area (Å²) in [5, 5.41) is 0. The summed E-state index contributed by atoms with van der Waals surface area (Å²) in [5.74, 6) is -1.92. The molecule has 0 spiro atoms. The van der Waals surface area contributed by atoms with Gasteiger partial charge in [-0.3, -0.25) is 0 Å². The van der Waals surface area contributed by atoms with Crippen molar-refractivity contribution < 1.29 is 22.3 Å². The van der Waals surface area contributed by atoms with Gasteiger partial charge in [-0.1, -0.05) is 18.2 Å². The summed E-state index contributed by atoms with van der Waals surface area (Å²) < 4.78 is 52.0. The van der Waals surface area contributed by atoms with E-state index in [1.807, 2.05) is 0 Å². The minimum atomic E-state index is -4.89. The Labute approximate surface area is 89.3 Å². The predicted octanol–water partition coefficient (Wildman–Crippen LogP) is 2.70. The number of hydrogen-bond donors (Lipinski definition) is 1. The van der Waals surface area contributed by atoms with Crippen molar-refractivity contribution in [1.82, 2.24) is 0 Å². The van der Waals surface area contributed by atoms with E-state index in [2.05, 4.69) is 4.74 Å². The average Bonchev–Trinajstić information content (AvgIpc) is 2.17. The van der Waals surface area contributed by atoms with Crippen LogP contribution in [-0.2, 0) is 0 Å². The smallest absolute Gasteiger partial charge is 0.403 e. The molecule has 0 aliphatic carbocycles. The zero-order valence-corrected chi connectivity index (χ0v) is 8.09. The molecular weight excluding hydrogens is 226 g/mol. The molecule has 0 radical (unpaired) electrons. The van der Waals surface area contributed by atoms with Gasteiger partial charge in [-0.05, 0) is 17.7 Å². The molecule has 2 nitrogen and oxygen atoms in total. The zero-order chi connectivity index (χ0) is 12.2. The molecule has 1 rings (SSSR count). The summed E-state index contributed by atoms with van der Waals surface area (Å²) in [6.07, 6.45) is -1.84. The minimum absolute atomic E-state index is 0.266. The molecule has 0 saturated heterocycles. The number of rotatable bonds is 3. The van der Waals surface area contributed by atoms with Gasteiger partial charge in [0.05, 0.1) is 0 Å². The standard InChI is InChI=1S/C10H9F4NO/c11-8-6-7(2-1-5-15)3-4-9(8)16-10(12,13)14/h1-4,6H,5,15H2. The Kier molecular flexibility index (Phi) is 3.89. The molecule has 0 fully saturated rings. The maximum Gasteiger partial charge on any atom is 0.573 e. The number of alkyl halides is 3. The van der Waals surface area contributed by atoms with E-state index in [-0.39, 0.29) is 6.54 Å². The largest absolute Gasteiger partial charge is 0.573 e. The Hall–Kier alpha value is -1.56. The fourth-order valence-electron chi connectivity index (χ4n) is 1.03. The van der Waals surface area contributed by atoms with E-state index in [4.69, 9.17) is 5.73 Å². The lowest BCUT2D eigenvalue weighted by Crippen LogP contribution is -2.17. The molecule has 0 unspecified atom stereocenters. The quantitative estimate of drug-likeness (QED) is 0.817. The van der Waals surface area contributed by atoms with E-state index in [1.54, 1.807) is 6.08 Å². The topological polar surface area (TPSA) is 35.2 Å². The normalized spacial score (nSPS) is 12.1. The van der Waals surface area contributed by atoms with Crippen molar-refractivity contribution >= 4 is 6.08 Å². The molecule has 1 aromatic rings. The van der Waals surface area contributed by atoms with Gasteiger partial charge in [0.2, 0.25) is 0 Å². The van der Waals surface area contributed by atoms with Crippen LogP contribution in [0.3, 0.4) is 0 Å². The lowest BCUT2D eigenvalue weighted by molar-refractivity contribution is -0.275. The van der Waals surface area contributed by atoms with E-state index < -0.39 is 17.9 Å². The Bertz CT molecular complexity index is 387. The van der Waals surface area contributed by atoms with Crippen LogP contribution in [-0.4, -0.2) is 12.9 Å². The third-order valence-corrected chi connectivity index (χ3v) is 1.63. The van der Waals surface area contributed by atoms with Crippen molar-refractivity contribution in [2.24, 2.45) is 5.73 Å². The average molecular weight is 235 g/mol. The second-order valence-electron chi connectivity index (χ2n) is 2.88. The van der Waals surface area contributed by atoms with E-state index in [9.17, 15) is 17.6 Å². The molecule has 2 N–H and O–H groups in total. The molecule has 0 aromatic heterocycles. The van der Waals surface area contributed by atoms with Crippen molar-refractivity contribution in [1.29, 1.82) is 0 Å². The lowest BCUT2D eigenvalue weighted by atomic mass is 10.2. The van der Waals surface area contributed by atoms with Gasteiger partial charge in [-0.2, -0.15) is 0 Å². The highest BCUT2D eigenvalue weighted by atomic mass is 19.4. The molecule has 0 heterocycles. The molecule has 0 saturated carbocycles. The van der Waals surface area contributed by atoms with Crippen LogP contribution in [0.25, 0.3) is 6.08 Å². The van der Waals surface area contributed by atoms with Crippen molar-refractivity contribution in [2.45, 2.75) is 6.36 Å². The first-order valence-corrected chi connectivity index (χ1v) is 4.34. The van der Waals surface area contributed by atoms with Crippen LogP contribution < -0.4 is 10.5 Å². The van der Waals surface area contributed by atoms with Gasteiger partial charge in [0.1, 0.15) is 0 Å². The first-order valence-electron chi connectivity index (χ1n) is 4.34. The second-order valence-corrected chi connectivity index (χ2v) is 2.88. The Morgan fingerprint density at radius 3 is 2.50 bits per heavy atom. The van der Waals surface area contributed by atoms with E-state index in [1.165, 1.54) is 12.1 Å². The maximum atomic E-state index is 13.1. The van der Waals surface area contributed by atoms with Crippen LogP contribution in [0.1, 0.15) is 5.56 Å². The van der Waals surface area contributed by atoms with Gasteiger partial charge in [0.25, 0.3) is 0 Å². The minimum Gasteiger partial charge on any atom is -0.403 e. The monoisotopic (exact) mass is 235 g/mol. The van der Waals surface area contributed by atoms with Gasteiger partial charge in [0, 0.05) is 6.54 Å². The number of hydrogen-bond acceptors (Lipinski definition) is 2. The first-order chi connectivity index (χ1) is 7.42. The number of halogens is 4. The summed E-state index contributed by atoms with van der Waals surface area (Å²) in [5.41, 5.74) is 5.59. The molecule has 0 aliphatic rings. The van der Waals surface area contributed by atoms with Crippen molar-refractivity contribution in [2.75, 3.05) is 6.54 Å². The summed E-state index contributed by atoms with van der Waals surface area (Å²) in [6.45, 7) is 0.266. The van der Waals surface area contributed by atoms with Gasteiger partial charge >= 0.3 is 6.36 Å². The lowest BCUT2D eigenvalue weighted by Gasteiger charge is -2.09. The van der Waals surface area contributed by atoms with Gasteiger partial charge in [0.15, 0.2) is 11.6 Å². The third-order valence-electron chi connectivity index (χ3n) is 1.63. The zero-order valence-electron chi connectivity index (χ0n) is 8.09. The third kappa shape index (κ3) is 3.90. The molecular formula is C10H9F4NO. The molecule has 88 valence electrons. The molecule has 16 heavy (non-hydrogen) atoms. The van der Waals surface area contributed by atoms with E-state index in [0.717, 1.165) is 12.1 Å². The van der Waals surface area contributed by atoms with Crippen LogP contribution in [0.15, 0.2) is 24.3 Å². The van der Waals surface area contributed by atoms with Crippen LogP contribution in [0, 0.1) is 5.82 Å². The van der Waals surface area contributed by atoms with Gasteiger partial charge < -0.3 is 10.5 Å². The number of ether oxygens (including phenoxy) is 1. The van der Waals surface area contributed by atoms with E-state index >= 15 is 0 Å². The maximum absolute atomic E-state index is 13.1. The molecule has 6 heteroatoms. The highest BCUT2D eigenvalue weighted by molar-refractivity contribution is 5.51. The fraction of sp³-hybridized carbons (Fsp3) is 0.200. The van der Waals surface area contributed by atoms with Crippen LogP contribution in [0.5, 0.6) is 5.75 Å². The molecule has 0 bridgehead atoms. The highest BCUT2D eigenvalue weighted by Gasteiger charge is 2.32. The van der Waals surface area contributed by atoms with Crippen LogP contribution >= 0.6 is 0 Å². The highest BCUT2D eigenvalue weighted by Crippen LogP contribution is 2.26. The molecule has 0 aliphatic heterocycles. The van der Waals surface area contributed by atoms with Crippen molar-refractivity contribution in [3.05, 3.63) is 35.7 Å². The molecule has 0 atom stereocenters. The summed E-state index contributed by atoms with van der Waals surface area (Å²) in [6, 6.07) is 3.16. The van der Waals surface area contributed by atoms with Gasteiger partial charge in [-0.25, -0.2) is 4.39 Å². The first kappa shape index (κ1) is 12.5. The van der Waals surface area contributed by atoms with Crippen LogP contribution in [0.4, 0.5) is 17.6 Å². The Balaban J connectivity index is 2.87. The summed E-state index contributed by atoms with van der Waals surface area (Å²) in [4.78, 5) is 0. The van der Waals surface area contributed by atoms with Crippen molar-refractivity contribution in [3.63, 3.8) is 0 Å². The Morgan fingerprint density at radius 2 is 2.00 bits per heavy atom. The molecule has 1 aromatic carbocycles. The number of benzene rings is 1. The Morgan fingerprint density at radius 1 is 1.31 bits per heavy atom. The predicted molar refractivity (Wildman–Crippen MR) is 51.2 cm³/mol. The van der Waals surface area contributed by atoms with Crippen LogP contribution in [0.2, 0.25) is 0 Å². The van der Waals surface area contributed by atoms with Crippen molar-refractivity contribution in [3.8, 4) is 5.75 Å². The SMILES string of the molecule is NCC=Cc1ccc(OC(F)(F)F)c(F)c1. The summed E-state index contributed by atoms with van der Waals surface area (Å²) >= 11 is 0. The van der Waals surface area contributed by atoms with E-state index in [0.29, 0.717) is 5.56 Å². The van der Waals surface area contributed by atoms with Gasteiger partial charge in [-0.15, -0.1) is 13.2 Å². The second kappa shape index (κ2) is 4.98. The molecule has 0 amide bonds. The number of nitrogens with two attached hydrogens (primary N) is 1. The summed E-state index contributed by atoms with van der Waals surface area (Å²) in [7, 11) is 0.